The van der Waals surface area contributed by atoms with Crippen LogP contribution in [0.2, 0.25) is 0 Å². The van der Waals surface area contributed by atoms with E-state index in [0.717, 1.165) is 32.5 Å². The summed E-state index contributed by atoms with van der Waals surface area (Å²) in [5, 5.41) is 13.2. The van der Waals surface area contributed by atoms with Crippen LogP contribution in [-0.4, -0.2) is 30.8 Å². The lowest BCUT2D eigenvalue weighted by molar-refractivity contribution is 0.145. The first kappa shape index (κ1) is 17.3. The minimum Gasteiger partial charge on any atom is -0.393 e. The molecule has 3 nitrogen and oxygen atoms in total. The van der Waals surface area contributed by atoms with Crippen molar-refractivity contribution in [2.24, 2.45) is 0 Å². The Labute approximate surface area is 135 Å². The van der Waals surface area contributed by atoms with Gasteiger partial charge in [0.25, 0.3) is 0 Å². The second-order valence-corrected chi connectivity index (χ2v) is 6.55. The van der Waals surface area contributed by atoms with Crippen LogP contribution in [0.1, 0.15) is 64.0 Å². The first-order chi connectivity index (χ1) is 10.7. The van der Waals surface area contributed by atoms with Crippen LogP contribution in [0.3, 0.4) is 0 Å². The van der Waals surface area contributed by atoms with Gasteiger partial charge in [0.2, 0.25) is 0 Å². The van der Waals surface area contributed by atoms with E-state index in [0.29, 0.717) is 6.04 Å². The SMILES string of the molecule is CCCCCCNC(C)c1ccc(N2CCC(O)CC2)cc1. The third-order valence-electron chi connectivity index (χ3n) is 4.70. The van der Waals surface area contributed by atoms with E-state index in [1.807, 2.05) is 0 Å². The fraction of sp³-hybridized carbons (Fsp3) is 0.684. The number of piperidine rings is 1. The molecule has 0 aliphatic carbocycles. The lowest BCUT2D eigenvalue weighted by atomic mass is 10.0. The molecule has 1 fully saturated rings. The molecule has 1 aromatic carbocycles. The quantitative estimate of drug-likeness (QED) is 0.716. The number of aliphatic hydroxyl groups excluding tert-OH is 1. The van der Waals surface area contributed by atoms with Crippen LogP contribution in [0.25, 0.3) is 0 Å². The molecule has 124 valence electrons. The van der Waals surface area contributed by atoms with E-state index in [1.54, 1.807) is 0 Å². The minimum atomic E-state index is -0.104. The van der Waals surface area contributed by atoms with Crippen molar-refractivity contribution in [1.82, 2.24) is 5.32 Å². The van der Waals surface area contributed by atoms with E-state index >= 15 is 0 Å². The molecule has 1 aliphatic heterocycles. The number of anilines is 1. The minimum absolute atomic E-state index is 0.104. The smallest absolute Gasteiger partial charge is 0.0574 e. The lowest BCUT2D eigenvalue weighted by Gasteiger charge is -2.31. The summed E-state index contributed by atoms with van der Waals surface area (Å²) in [6.07, 6.45) is 6.91. The molecular weight excluding hydrogens is 272 g/mol. The molecule has 0 bridgehead atoms. The largest absolute Gasteiger partial charge is 0.393 e. The zero-order valence-corrected chi connectivity index (χ0v) is 14.2. The zero-order chi connectivity index (χ0) is 15.8. The Kier molecular flexibility index (Phi) is 7.20. The number of nitrogens with one attached hydrogen (secondary N) is 1. The van der Waals surface area contributed by atoms with Gasteiger partial charge in [-0.3, -0.25) is 0 Å². The van der Waals surface area contributed by atoms with Gasteiger partial charge >= 0.3 is 0 Å². The standard InChI is InChI=1S/C19H32N2O/c1-3-4-5-6-13-20-16(2)17-7-9-18(10-8-17)21-14-11-19(22)12-15-21/h7-10,16,19-20,22H,3-6,11-15H2,1-2H3. The second-order valence-electron chi connectivity index (χ2n) is 6.55. The maximum Gasteiger partial charge on any atom is 0.0574 e. The normalized spacial score (nSPS) is 17.7. The van der Waals surface area contributed by atoms with Crippen LogP contribution in [0, 0.1) is 0 Å². The van der Waals surface area contributed by atoms with Gasteiger partial charge in [-0.05, 0) is 50.4 Å². The summed E-state index contributed by atoms with van der Waals surface area (Å²) in [5.41, 5.74) is 2.64. The van der Waals surface area contributed by atoms with Gasteiger partial charge in [-0.1, -0.05) is 38.3 Å². The van der Waals surface area contributed by atoms with E-state index < -0.39 is 0 Å². The molecule has 2 rings (SSSR count). The molecule has 1 aromatic rings. The molecule has 1 saturated heterocycles. The predicted molar refractivity (Wildman–Crippen MR) is 94.5 cm³/mol. The Hall–Kier alpha value is -1.06. The summed E-state index contributed by atoms with van der Waals surface area (Å²) in [6, 6.07) is 9.34. The molecule has 3 heteroatoms. The summed E-state index contributed by atoms with van der Waals surface area (Å²) >= 11 is 0. The summed E-state index contributed by atoms with van der Waals surface area (Å²) in [6.45, 7) is 7.52. The number of hydrogen-bond acceptors (Lipinski definition) is 3. The van der Waals surface area contributed by atoms with Crippen LogP contribution in [0.5, 0.6) is 0 Å². The Morgan fingerprint density at radius 2 is 1.82 bits per heavy atom. The maximum absolute atomic E-state index is 9.59. The van der Waals surface area contributed by atoms with Crippen molar-refractivity contribution >= 4 is 5.69 Å². The first-order valence-electron chi connectivity index (χ1n) is 8.97. The van der Waals surface area contributed by atoms with Crippen molar-refractivity contribution in [2.45, 2.75) is 64.5 Å². The molecule has 0 spiro atoms. The van der Waals surface area contributed by atoms with E-state index in [2.05, 4.69) is 48.3 Å². The molecule has 0 amide bonds. The van der Waals surface area contributed by atoms with Gasteiger partial charge in [0, 0.05) is 24.8 Å². The van der Waals surface area contributed by atoms with Gasteiger partial charge < -0.3 is 15.3 Å². The summed E-state index contributed by atoms with van der Waals surface area (Å²) < 4.78 is 0. The fourth-order valence-corrected chi connectivity index (χ4v) is 3.09. The van der Waals surface area contributed by atoms with Gasteiger partial charge in [-0.2, -0.15) is 0 Å². The first-order valence-corrected chi connectivity index (χ1v) is 8.97. The molecule has 0 aromatic heterocycles. The van der Waals surface area contributed by atoms with Crippen LogP contribution in [0.15, 0.2) is 24.3 Å². The fourth-order valence-electron chi connectivity index (χ4n) is 3.09. The number of benzene rings is 1. The summed E-state index contributed by atoms with van der Waals surface area (Å²) in [4.78, 5) is 2.37. The number of unbranched alkanes of at least 4 members (excludes halogenated alkanes) is 3. The van der Waals surface area contributed by atoms with E-state index in [9.17, 15) is 5.11 Å². The van der Waals surface area contributed by atoms with Gasteiger partial charge in [0.05, 0.1) is 6.10 Å². The highest BCUT2D eigenvalue weighted by Gasteiger charge is 2.17. The molecule has 0 radical (unpaired) electrons. The topological polar surface area (TPSA) is 35.5 Å². The summed E-state index contributed by atoms with van der Waals surface area (Å²) in [5.74, 6) is 0. The highest BCUT2D eigenvalue weighted by atomic mass is 16.3. The summed E-state index contributed by atoms with van der Waals surface area (Å²) in [7, 11) is 0. The Morgan fingerprint density at radius 3 is 2.45 bits per heavy atom. The van der Waals surface area contributed by atoms with E-state index in [-0.39, 0.29) is 6.10 Å². The number of aliphatic hydroxyl groups is 1. The maximum atomic E-state index is 9.59. The van der Waals surface area contributed by atoms with Crippen LogP contribution in [-0.2, 0) is 0 Å². The van der Waals surface area contributed by atoms with Crippen molar-refractivity contribution in [3.05, 3.63) is 29.8 Å². The third kappa shape index (κ3) is 5.29. The van der Waals surface area contributed by atoms with Crippen molar-refractivity contribution in [2.75, 3.05) is 24.5 Å². The van der Waals surface area contributed by atoms with Crippen molar-refractivity contribution < 1.29 is 5.11 Å². The highest BCUT2D eigenvalue weighted by molar-refractivity contribution is 5.48. The van der Waals surface area contributed by atoms with E-state index in [1.165, 1.54) is 36.9 Å². The Morgan fingerprint density at radius 1 is 1.14 bits per heavy atom. The third-order valence-corrected chi connectivity index (χ3v) is 4.70. The van der Waals surface area contributed by atoms with Gasteiger partial charge in [0.1, 0.15) is 0 Å². The van der Waals surface area contributed by atoms with Crippen LogP contribution < -0.4 is 10.2 Å². The molecular formula is C19H32N2O. The number of hydrogen-bond donors (Lipinski definition) is 2. The van der Waals surface area contributed by atoms with Crippen molar-refractivity contribution in [3.63, 3.8) is 0 Å². The second kappa shape index (κ2) is 9.16. The molecule has 0 saturated carbocycles. The van der Waals surface area contributed by atoms with Gasteiger partial charge in [-0.15, -0.1) is 0 Å². The van der Waals surface area contributed by atoms with E-state index in [4.69, 9.17) is 0 Å². The molecule has 1 unspecified atom stereocenters. The molecule has 1 aliphatic rings. The average molecular weight is 304 g/mol. The monoisotopic (exact) mass is 304 g/mol. The molecule has 22 heavy (non-hydrogen) atoms. The van der Waals surface area contributed by atoms with Crippen LogP contribution in [0.4, 0.5) is 5.69 Å². The average Bonchev–Trinajstić information content (AvgIpc) is 2.55. The van der Waals surface area contributed by atoms with Crippen molar-refractivity contribution in [3.8, 4) is 0 Å². The molecule has 2 N–H and O–H groups in total. The van der Waals surface area contributed by atoms with Gasteiger partial charge in [0.15, 0.2) is 0 Å². The Balaban J connectivity index is 1.78. The molecule has 1 heterocycles. The van der Waals surface area contributed by atoms with Gasteiger partial charge in [-0.25, -0.2) is 0 Å². The predicted octanol–water partition coefficient (Wildman–Crippen LogP) is 3.88. The van der Waals surface area contributed by atoms with Crippen LogP contribution >= 0.6 is 0 Å². The lowest BCUT2D eigenvalue weighted by Crippen LogP contribution is -2.35. The number of nitrogens with zero attached hydrogens (tertiary/aromatic N) is 1. The highest BCUT2D eigenvalue weighted by Crippen LogP contribution is 2.22. The Bertz CT molecular complexity index is 410. The number of rotatable bonds is 8. The molecule has 1 atom stereocenters. The van der Waals surface area contributed by atoms with Crippen molar-refractivity contribution in [1.29, 1.82) is 0 Å². The zero-order valence-electron chi connectivity index (χ0n) is 14.2.